The van der Waals surface area contributed by atoms with Crippen LogP contribution in [0, 0.1) is 0 Å². The number of imidazole rings is 1. The zero-order chi connectivity index (χ0) is 11.5. The molecule has 0 aliphatic carbocycles. The monoisotopic (exact) mass is 216 g/mol. The average molecular weight is 216 g/mol. The molecule has 0 saturated heterocycles. The van der Waals surface area contributed by atoms with E-state index in [0.717, 1.165) is 23.6 Å². The summed E-state index contributed by atoms with van der Waals surface area (Å²) in [7, 11) is 3.98. The summed E-state index contributed by atoms with van der Waals surface area (Å²) >= 11 is 0. The highest BCUT2D eigenvalue weighted by Crippen LogP contribution is 2.22. The minimum atomic E-state index is 0.759. The predicted octanol–water partition coefficient (Wildman–Crippen LogP) is 1.64. The molecule has 0 fully saturated rings. The normalized spacial score (nSPS) is 10.4. The van der Waals surface area contributed by atoms with Crippen LogP contribution in [0.15, 0.2) is 36.8 Å². The Balaban J connectivity index is 2.14. The van der Waals surface area contributed by atoms with Gasteiger partial charge in [0.25, 0.3) is 0 Å². The summed E-state index contributed by atoms with van der Waals surface area (Å²) in [6.45, 7) is 0.759. The van der Waals surface area contributed by atoms with Crippen LogP contribution in [0.4, 0.5) is 11.4 Å². The summed E-state index contributed by atoms with van der Waals surface area (Å²) in [4.78, 5) is 6.39. The SMILES string of the molecule is CN(Cc1cn(C)cn1)c1ccccc1N. The van der Waals surface area contributed by atoms with E-state index in [0.29, 0.717) is 0 Å². The van der Waals surface area contributed by atoms with Gasteiger partial charge < -0.3 is 15.2 Å². The van der Waals surface area contributed by atoms with Gasteiger partial charge in [-0.3, -0.25) is 0 Å². The third-order valence-electron chi connectivity index (χ3n) is 2.51. The zero-order valence-corrected chi connectivity index (χ0v) is 9.59. The molecule has 1 aromatic carbocycles. The van der Waals surface area contributed by atoms with Gasteiger partial charge in [-0.15, -0.1) is 0 Å². The molecule has 0 saturated carbocycles. The Kier molecular flexibility index (Phi) is 2.81. The molecular formula is C12H16N4. The Hall–Kier alpha value is -1.97. The molecule has 84 valence electrons. The van der Waals surface area contributed by atoms with E-state index in [1.165, 1.54) is 0 Å². The number of aryl methyl sites for hydroxylation is 1. The minimum Gasteiger partial charge on any atom is -0.397 e. The molecule has 0 aliphatic rings. The minimum absolute atomic E-state index is 0.759. The molecule has 0 unspecified atom stereocenters. The van der Waals surface area contributed by atoms with E-state index in [4.69, 9.17) is 5.73 Å². The molecule has 4 heteroatoms. The van der Waals surface area contributed by atoms with Crippen LogP contribution >= 0.6 is 0 Å². The molecule has 4 nitrogen and oxygen atoms in total. The summed E-state index contributed by atoms with van der Waals surface area (Å²) in [6, 6.07) is 7.84. The van der Waals surface area contributed by atoms with Gasteiger partial charge in [-0.1, -0.05) is 12.1 Å². The molecule has 2 aromatic rings. The van der Waals surface area contributed by atoms with Crippen molar-refractivity contribution in [1.29, 1.82) is 0 Å². The molecule has 0 amide bonds. The number of aromatic nitrogens is 2. The van der Waals surface area contributed by atoms with Gasteiger partial charge in [0.1, 0.15) is 0 Å². The standard InChI is InChI=1S/C12H16N4/c1-15-7-10(14-9-15)8-16(2)12-6-4-3-5-11(12)13/h3-7,9H,8,13H2,1-2H3. The molecular weight excluding hydrogens is 200 g/mol. The first-order valence-electron chi connectivity index (χ1n) is 5.19. The van der Waals surface area contributed by atoms with Crippen LogP contribution in [0.3, 0.4) is 0 Å². The molecule has 0 aliphatic heterocycles. The maximum Gasteiger partial charge on any atom is 0.0947 e. The smallest absolute Gasteiger partial charge is 0.0947 e. The topological polar surface area (TPSA) is 47.1 Å². The van der Waals surface area contributed by atoms with Gasteiger partial charge in [0.15, 0.2) is 0 Å². The number of rotatable bonds is 3. The lowest BCUT2D eigenvalue weighted by molar-refractivity contribution is 0.888. The van der Waals surface area contributed by atoms with E-state index in [9.17, 15) is 0 Å². The summed E-state index contributed by atoms with van der Waals surface area (Å²) in [5.74, 6) is 0. The molecule has 0 spiro atoms. The second kappa shape index (κ2) is 4.26. The van der Waals surface area contributed by atoms with Crippen molar-refractivity contribution in [2.45, 2.75) is 6.54 Å². The lowest BCUT2D eigenvalue weighted by atomic mass is 10.2. The van der Waals surface area contributed by atoms with Crippen LogP contribution in [-0.4, -0.2) is 16.6 Å². The highest BCUT2D eigenvalue weighted by Gasteiger charge is 2.06. The summed E-state index contributed by atoms with van der Waals surface area (Å²) in [6.07, 6.45) is 3.81. The first-order valence-corrected chi connectivity index (χ1v) is 5.19. The van der Waals surface area contributed by atoms with Crippen LogP contribution in [0.5, 0.6) is 0 Å². The maximum absolute atomic E-state index is 5.91. The van der Waals surface area contributed by atoms with E-state index >= 15 is 0 Å². The highest BCUT2D eigenvalue weighted by molar-refractivity contribution is 5.66. The Morgan fingerprint density at radius 3 is 2.75 bits per heavy atom. The number of hydrogen-bond donors (Lipinski definition) is 1. The Morgan fingerprint density at radius 2 is 2.12 bits per heavy atom. The Morgan fingerprint density at radius 1 is 1.38 bits per heavy atom. The van der Waals surface area contributed by atoms with Crippen molar-refractivity contribution in [2.24, 2.45) is 7.05 Å². The van der Waals surface area contributed by atoms with Crippen LogP contribution in [0.2, 0.25) is 0 Å². The van der Waals surface area contributed by atoms with Crippen molar-refractivity contribution >= 4 is 11.4 Å². The van der Waals surface area contributed by atoms with Crippen molar-refractivity contribution in [1.82, 2.24) is 9.55 Å². The summed E-state index contributed by atoms with van der Waals surface area (Å²) in [5, 5.41) is 0. The van der Waals surface area contributed by atoms with Crippen LogP contribution < -0.4 is 10.6 Å². The Bertz CT molecular complexity index is 475. The first kappa shape index (κ1) is 10.5. The van der Waals surface area contributed by atoms with Gasteiger partial charge in [0, 0.05) is 20.3 Å². The van der Waals surface area contributed by atoms with E-state index in [-0.39, 0.29) is 0 Å². The van der Waals surface area contributed by atoms with Crippen molar-refractivity contribution in [2.75, 3.05) is 17.7 Å². The molecule has 0 radical (unpaired) electrons. The predicted molar refractivity (Wildman–Crippen MR) is 66.2 cm³/mol. The van der Waals surface area contributed by atoms with Crippen LogP contribution in [-0.2, 0) is 13.6 Å². The van der Waals surface area contributed by atoms with Crippen LogP contribution in [0.25, 0.3) is 0 Å². The fraction of sp³-hybridized carbons (Fsp3) is 0.250. The average Bonchev–Trinajstić information content (AvgIpc) is 2.64. The second-order valence-corrected chi connectivity index (χ2v) is 3.95. The van der Waals surface area contributed by atoms with Gasteiger partial charge in [0.2, 0.25) is 0 Å². The highest BCUT2D eigenvalue weighted by atomic mass is 15.1. The van der Waals surface area contributed by atoms with Crippen molar-refractivity contribution in [3.8, 4) is 0 Å². The van der Waals surface area contributed by atoms with E-state index < -0.39 is 0 Å². The van der Waals surface area contributed by atoms with Crippen molar-refractivity contribution < 1.29 is 0 Å². The van der Waals surface area contributed by atoms with E-state index in [1.54, 1.807) is 6.33 Å². The number of nitrogens with zero attached hydrogens (tertiary/aromatic N) is 3. The fourth-order valence-electron chi connectivity index (χ4n) is 1.71. The third kappa shape index (κ3) is 2.16. The van der Waals surface area contributed by atoms with Gasteiger partial charge in [0.05, 0.1) is 29.9 Å². The lowest BCUT2D eigenvalue weighted by Gasteiger charge is -2.19. The number of hydrogen-bond acceptors (Lipinski definition) is 3. The summed E-state index contributed by atoms with van der Waals surface area (Å²) in [5.41, 5.74) is 8.78. The molecule has 16 heavy (non-hydrogen) atoms. The molecule has 2 N–H and O–H groups in total. The lowest BCUT2D eigenvalue weighted by Crippen LogP contribution is -2.17. The molecule has 1 aromatic heterocycles. The third-order valence-corrected chi connectivity index (χ3v) is 2.51. The number of benzene rings is 1. The number of nitrogen functional groups attached to an aromatic ring is 1. The maximum atomic E-state index is 5.91. The van der Waals surface area contributed by atoms with Crippen molar-refractivity contribution in [3.63, 3.8) is 0 Å². The second-order valence-electron chi connectivity index (χ2n) is 3.95. The molecule has 0 bridgehead atoms. The van der Waals surface area contributed by atoms with Gasteiger partial charge >= 0.3 is 0 Å². The number of anilines is 2. The van der Waals surface area contributed by atoms with E-state index in [1.807, 2.05) is 49.1 Å². The molecule has 2 rings (SSSR count). The van der Waals surface area contributed by atoms with Gasteiger partial charge in [-0.25, -0.2) is 4.98 Å². The Labute approximate surface area is 95.3 Å². The zero-order valence-electron chi connectivity index (χ0n) is 9.59. The van der Waals surface area contributed by atoms with Crippen molar-refractivity contribution in [3.05, 3.63) is 42.5 Å². The van der Waals surface area contributed by atoms with Gasteiger partial charge in [-0.2, -0.15) is 0 Å². The molecule has 1 heterocycles. The van der Waals surface area contributed by atoms with Gasteiger partial charge in [-0.05, 0) is 12.1 Å². The first-order chi connectivity index (χ1) is 7.66. The number of nitrogens with two attached hydrogens (primary N) is 1. The van der Waals surface area contributed by atoms with Crippen LogP contribution in [0.1, 0.15) is 5.69 Å². The number of para-hydroxylation sites is 2. The quantitative estimate of drug-likeness (QED) is 0.793. The largest absolute Gasteiger partial charge is 0.397 e. The fourth-order valence-corrected chi connectivity index (χ4v) is 1.71. The summed E-state index contributed by atoms with van der Waals surface area (Å²) < 4.78 is 1.94. The van der Waals surface area contributed by atoms with E-state index in [2.05, 4.69) is 9.88 Å². The molecule has 0 atom stereocenters.